The maximum absolute atomic E-state index is 14.8. The van der Waals surface area contributed by atoms with Crippen molar-refractivity contribution in [3.8, 4) is 11.5 Å². The second kappa shape index (κ2) is 9.51. The van der Waals surface area contributed by atoms with E-state index in [4.69, 9.17) is 14.2 Å². The summed E-state index contributed by atoms with van der Waals surface area (Å²) in [5.74, 6) is -1.97. The van der Waals surface area contributed by atoms with Crippen LogP contribution < -0.4 is 14.4 Å². The Morgan fingerprint density at radius 1 is 0.853 bits per heavy atom. The Hall–Kier alpha value is -3.94. The molecular weight excluding hydrogens is 441 g/mol. The Labute approximate surface area is 196 Å². The molecule has 34 heavy (non-hydrogen) atoms. The van der Waals surface area contributed by atoms with E-state index in [9.17, 15) is 18.8 Å². The minimum atomic E-state index is -0.720. The molecule has 0 N–H and O–H groups in total. The van der Waals surface area contributed by atoms with E-state index in [1.165, 1.54) is 12.1 Å². The molecule has 1 aliphatic rings. The number of halogens is 1. The van der Waals surface area contributed by atoms with Gasteiger partial charge in [-0.2, -0.15) is 0 Å². The average molecular weight is 465 g/mol. The van der Waals surface area contributed by atoms with Crippen molar-refractivity contribution >= 4 is 34.2 Å². The van der Waals surface area contributed by atoms with Gasteiger partial charge in [0.15, 0.2) is 0 Å². The van der Waals surface area contributed by atoms with Crippen molar-refractivity contribution in [3.05, 3.63) is 65.0 Å². The van der Waals surface area contributed by atoms with Crippen LogP contribution in [0.15, 0.2) is 42.5 Å². The molecule has 3 aromatic rings. The predicted molar refractivity (Wildman–Crippen MR) is 124 cm³/mol. The molecule has 2 amide bonds. The minimum Gasteiger partial charge on any atom is -0.492 e. The molecule has 8 heteroatoms. The third-order valence-corrected chi connectivity index (χ3v) is 5.47. The van der Waals surface area contributed by atoms with Crippen LogP contribution >= 0.6 is 0 Å². The van der Waals surface area contributed by atoms with Gasteiger partial charge in [-0.15, -0.1) is 0 Å². The van der Waals surface area contributed by atoms with E-state index in [1.807, 2.05) is 12.1 Å². The van der Waals surface area contributed by atoms with Crippen LogP contribution in [0.5, 0.6) is 11.5 Å². The quantitative estimate of drug-likeness (QED) is 0.355. The number of fused-ring (bicyclic) bond motifs is 2. The Balaban J connectivity index is 1.84. The second-order valence-electron chi connectivity index (χ2n) is 7.52. The zero-order chi connectivity index (χ0) is 24.4. The molecule has 4 rings (SSSR count). The minimum absolute atomic E-state index is 0.0465. The molecule has 0 bridgehead atoms. The fourth-order valence-corrected chi connectivity index (χ4v) is 4.11. The van der Waals surface area contributed by atoms with Gasteiger partial charge in [-0.25, -0.2) is 9.29 Å². The van der Waals surface area contributed by atoms with Crippen molar-refractivity contribution in [3.63, 3.8) is 0 Å². The van der Waals surface area contributed by atoms with Crippen LogP contribution in [0.4, 0.5) is 10.1 Å². The third kappa shape index (κ3) is 3.85. The van der Waals surface area contributed by atoms with Crippen molar-refractivity contribution in [2.75, 3.05) is 24.7 Å². The van der Waals surface area contributed by atoms with Crippen LogP contribution in [0.2, 0.25) is 0 Å². The lowest BCUT2D eigenvalue weighted by Gasteiger charge is -2.15. The fraction of sp³-hybridized carbons (Fsp3) is 0.269. The average Bonchev–Trinajstić information content (AvgIpc) is 3.07. The van der Waals surface area contributed by atoms with E-state index in [2.05, 4.69) is 0 Å². The lowest BCUT2D eigenvalue weighted by molar-refractivity contribution is -0.142. The Morgan fingerprint density at radius 3 is 1.88 bits per heavy atom. The van der Waals surface area contributed by atoms with Gasteiger partial charge in [0, 0.05) is 10.8 Å². The van der Waals surface area contributed by atoms with E-state index in [-0.39, 0.29) is 60.1 Å². The topological polar surface area (TPSA) is 82.1 Å². The molecule has 0 atom stereocenters. The number of rotatable bonds is 8. The first-order valence-electron chi connectivity index (χ1n) is 11.1. The van der Waals surface area contributed by atoms with Crippen LogP contribution in [-0.4, -0.2) is 37.6 Å². The van der Waals surface area contributed by atoms with Gasteiger partial charge in [0.05, 0.1) is 43.1 Å². The van der Waals surface area contributed by atoms with E-state index in [0.29, 0.717) is 10.8 Å². The van der Waals surface area contributed by atoms with Gasteiger partial charge >= 0.3 is 5.97 Å². The summed E-state index contributed by atoms with van der Waals surface area (Å²) in [6, 6.07) is 11.1. The first kappa shape index (κ1) is 23.2. The number of hydrogen-bond donors (Lipinski definition) is 0. The van der Waals surface area contributed by atoms with Gasteiger partial charge in [-0.05, 0) is 38.5 Å². The summed E-state index contributed by atoms with van der Waals surface area (Å²) in [7, 11) is 0. The molecular formula is C26H24FNO6. The first-order valence-corrected chi connectivity index (χ1v) is 11.1. The summed E-state index contributed by atoms with van der Waals surface area (Å²) in [4.78, 5) is 39.7. The number of hydrogen-bond acceptors (Lipinski definition) is 6. The zero-order valence-electron chi connectivity index (χ0n) is 19.1. The Morgan fingerprint density at radius 2 is 1.41 bits per heavy atom. The van der Waals surface area contributed by atoms with E-state index >= 15 is 0 Å². The molecule has 0 fully saturated rings. The number of ether oxygens (including phenoxy) is 3. The number of nitrogens with zero attached hydrogens (tertiary/aromatic N) is 1. The molecule has 1 aliphatic heterocycles. The summed E-state index contributed by atoms with van der Waals surface area (Å²) in [6.07, 6.45) is -0.254. The van der Waals surface area contributed by atoms with Gasteiger partial charge < -0.3 is 14.2 Å². The van der Waals surface area contributed by atoms with E-state index in [0.717, 1.165) is 11.0 Å². The van der Waals surface area contributed by atoms with Crippen LogP contribution in [0.3, 0.4) is 0 Å². The van der Waals surface area contributed by atoms with Gasteiger partial charge in [0.25, 0.3) is 11.8 Å². The molecule has 0 spiro atoms. The Kier molecular flexibility index (Phi) is 6.49. The summed E-state index contributed by atoms with van der Waals surface area (Å²) < 4.78 is 31.3. The van der Waals surface area contributed by atoms with E-state index < -0.39 is 23.6 Å². The largest absolute Gasteiger partial charge is 0.492 e. The predicted octanol–water partition coefficient (Wildman–Crippen LogP) is 4.68. The third-order valence-electron chi connectivity index (χ3n) is 5.47. The second-order valence-corrected chi connectivity index (χ2v) is 7.52. The Bertz CT molecular complexity index is 1240. The number of amides is 2. The highest BCUT2D eigenvalue weighted by atomic mass is 19.1. The standard InChI is InChI=1S/C26H24FNO6/c1-4-32-20(29)13-15-11-12-16(14-19(15)27)28-25(30)21-22(26(28)31)24(34-6-3)18-10-8-7-9-17(18)23(21)33-5-2/h7-12,14H,4-6,13H2,1-3H3. The number of imide groups is 1. The van der Waals surface area contributed by atoms with Crippen molar-refractivity contribution in [2.24, 2.45) is 0 Å². The monoisotopic (exact) mass is 465 g/mol. The van der Waals surface area contributed by atoms with Crippen molar-refractivity contribution in [1.82, 2.24) is 0 Å². The highest BCUT2D eigenvalue weighted by Gasteiger charge is 2.43. The molecule has 0 saturated heterocycles. The maximum atomic E-state index is 14.8. The highest BCUT2D eigenvalue weighted by Crippen LogP contribution is 2.46. The van der Waals surface area contributed by atoms with Crippen molar-refractivity contribution in [2.45, 2.75) is 27.2 Å². The van der Waals surface area contributed by atoms with Gasteiger partial charge in [-0.1, -0.05) is 30.3 Å². The summed E-state index contributed by atoms with van der Waals surface area (Å²) in [5.41, 5.74) is 0.329. The molecule has 0 radical (unpaired) electrons. The molecule has 7 nitrogen and oxygen atoms in total. The summed E-state index contributed by atoms with van der Waals surface area (Å²) >= 11 is 0. The smallest absolute Gasteiger partial charge is 0.310 e. The maximum Gasteiger partial charge on any atom is 0.310 e. The molecule has 0 unspecified atom stereocenters. The highest BCUT2D eigenvalue weighted by molar-refractivity contribution is 6.38. The van der Waals surface area contributed by atoms with Crippen molar-refractivity contribution < 1.29 is 33.0 Å². The summed E-state index contributed by atoms with van der Waals surface area (Å²) in [5, 5.41) is 1.29. The first-order chi connectivity index (χ1) is 16.4. The van der Waals surface area contributed by atoms with Crippen LogP contribution in [0.25, 0.3) is 10.8 Å². The van der Waals surface area contributed by atoms with Crippen LogP contribution in [0, 0.1) is 5.82 Å². The van der Waals surface area contributed by atoms with E-state index in [1.54, 1.807) is 32.9 Å². The molecule has 3 aromatic carbocycles. The number of carbonyl (C=O) groups is 3. The lowest BCUT2D eigenvalue weighted by Crippen LogP contribution is -2.29. The number of esters is 1. The zero-order valence-corrected chi connectivity index (χ0v) is 19.1. The molecule has 0 saturated carbocycles. The van der Waals surface area contributed by atoms with Crippen LogP contribution in [-0.2, 0) is 16.0 Å². The molecule has 176 valence electrons. The fourth-order valence-electron chi connectivity index (χ4n) is 4.11. The normalized spacial score (nSPS) is 12.8. The number of carbonyl (C=O) groups excluding carboxylic acids is 3. The SMILES string of the molecule is CCOC(=O)Cc1ccc(N2C(=O)c3c(c(OCC)c4ccccc4c3OCC)C2=O)cc1F. The molecule has 0 aliphatic carbocycles. The molecule has 0 aromatic heterocycles. The van der Waals surface area contributed by atoms with Gasteiger partial charge in [0.2, 0.25) is 0 Å². The van der Waals surface area contributed by atoms with Crippen molar-refractivity contribution in [1.29, 1.82) is 0 Å². The lowest BCUT2D eigenvalue weighted by atomic mass is 9.99. The molecule has 1 heterocycles. The van der Waals surface area contributed by atoms with Gasteiger partial charge in [-0.3, -0.25) is 14.4 Å². The number of anilines is 1. The van der Waals surface area contributed by atoms with Crippen LogP contribution in [0.1, 0.15) is 47.1 Å². The van der Waals surface area contributed by atoms with Gasteiger partial charge in [0.1, 0.15) is 17.3 Å². The summed E-state index contributed by atoms with van der Waals surface area (Å²) in [6.45, 7) is 5.98. The number of benzene rings is 3.